The highest BCUT2D eigenvalue weighted by Gasteiger charge is 2.33. The van der Waals surface area contributed by atoms with Crippen molar-refractivity contribution in [2.75, 3.05) is 6.61 Å². The summed E-state index contributed by atoms with van der Waals surface area (Å²) in [5.41, 5.74) is 4.50. The van der Waals surface area contributed by atoms with Crippen LogP contribution in [0.2, 0.25) is 0 Å². The number of hydrogen-bond donors (Lipinski definition) is 3. The number of amides is 2. The zero-order valence-corrected chi connectivity index (χ0v) is 17.3. The van der Waals surface area contributed by atoms with Crippen LogP contribution in [-0.2, 0) is 14.3 Å². The lowest BCUT2D eigenvalue weighted by molar-refractivity contribution is -0.141. The number of carbonyl (C=O) groups excluding carboxylic acids is 2. The van der Waals surface area contributed by atoms with E-state index in [9.17, 15) is 14.4 Å². The molecule has 0 aliphatic heterocycles. The SMILES string of the molecule is CC(NC(=O)[C@H](CC1CC1)NC(=O)OCC1c2ccccc2-c2ccccc21)C(=O)O. The molecule has 2 aromatic rings. The second-order valence-corrected chi connectivity index (χ2v) is 8.27. The van der Waals surface area contributed by atoms with Gasteiger partial charge in [0.1, 0.15) is 18.7 Å². The molecule has 0 bridgehead atoms. The molecule has 0 spiro atoms. The summed E-state index contributed by atoms with van der Waals surface area (Å²) in [7, 11) is 0. The van der Waals surface area contributed by atoms with Crippen molar-refractivity contribution in [1.82, 2.24) is 10.6 Å². The molecule has 4 rings (SSSR count). The lowest BCUT2D eigenvalue weighted by Crippen LogP contribution is -2.51. The third-order valence-electron chi connectivity index (χ3n) is 5.95. The highest BCUT2D eigenvalue weighted by Crippen LogP contribution is 2.44. The van der Waals surface area contributed by atoms with Gasteiger partial charge in [0.15, 0.2) is 0 Å². The van der Waals surface area contributed by atoms with Crippen LogP contribution in [0.5, 0.6) is 0 Å². The van der Waals surface area contributed by atoms with E-state index in [4.69, 9.17) is 9.84 Å². The first-order chi connectivity index (χ1) is 14.9. The van der Waals surface area contributed by atoms with Gasteiger partial charge in [-0.1, -0.05) is 61.4 Å². The molecule has 2 aromatic carbocycles. The van der Waals surface area contributed by atoms with Gasteiger partial charge in [0.25, 0.3) is 0 Å². The summed E-state index contributed by atoms with van der Waals surface area (Å²) in [4.78, 5) is 36.1. The van der Waals surface area contributed by atoms with Crippen LogP contribution in [0.25, 0.3) is 11.1 Å². The average molecular weight is 422 g/mol. The maximum absolute atomic E-state index is 12.5. The van der Waals surface area contributed by atoms with E-state index in [1.807, 2.05) is 36.4 Å². The Bertz CT molecular complexity index is 955. The molecule has 2 amide bonds. The average Bonchev–Trinajstić information content (AvgIpc) is 3.52. The van der Waals surface area contributed by atoms with Crippen LogP contribution in [0.15, 0.2) is 48.5 Å². The summed E-state index contributed by atoms with van der Waals surface area (Å²) in [6, 6.07) is 14.3. The number of carbonyl (C=O) groups is 3. The Morgan fingerprint density at radius 3 is 2.13 bits per heavy atom. The van der Waals surface area contributed by atoms with Crippen molar-refractivity contribution in [2.24, 2.45) is 5.92 Å². The number of carboxylic acid groups (broad SMARTS) is 1. The minimum atomic E-state index is -1.13. The normalized spacial score (nSPS) is 16.5. The van der Waals surface area contributed by atoms with Crippen LogP contribution >= 0.6 is 0 Å². The van der Waals surface area contributed by atoms with Gasteiger partial charge in [-0.15, -0.1) is 0 Å². The van der Waals surface area contributed by atoms with Crippen molar-refractivity contribution < 1.29 is 24.2 Å². The van der Waals surface area contributed by atoms with Gasteiger partial charge < -0.3 is 20.5 Å². The van der Waals surface area contributed by atoms with E-state index in [0.29, 0.717) is 12.3 Å². The molecular formula is C24H26N2O5. The van der Waals surface area contributed by atoms with Gasteiger partial charge in [-0.3, -0.25) is 9.59 Å². The van der Waals surface area contributed by atoms with Gasteiger partial charge in [0.05, 0.1) is 0 Å². The predicted molar refractivity (Wildman–Crippen MR) is 115 cm³/mol. The molecule has 2 aliphatic rings. The molecule has 0 aromatic heterocycles. The molecule has 2 atom stereocenters. The molecule has 1 unspecified atom stereocenters. The molecular weight excluding hydrogens is 396 g/mol. The fourth-order valence-corrected chi connectivity index (χ4v) is 4.08. The number of nitrogens with one attached hydrogen (secondary N) is 2. The van der Waals surface area contributed by atoms with E-state index in [2.05, 4.69) is 22.8 Å². The summed E-state index contributed by atoms with van der Waals surface area (Å²) in [5, 5.41) is 14.1. The smallest absolute Gasteiger partial charge is 0.407 e. The highest BCUT2D eigenvalue weighted by molar-refractivity contribution is 5.89. The molecule has 0 heterocycles. The summed E-state index contributed by atoms with van der Waals surface area (Å²) in [6.45, 7) is 1.55. The van der Waals surface area contributed by atoms with Crippen LogP contribution in [0.1, 0.15) is 43.2 Å². The Kier molecular flexibility index (Phi) is 5.93. The van der Waals surface area contributed by atoms with E-state index < -0.39 is 30.1 Å². The predicted octanol–water partition coefficient (Wildman–Crippen LogP) is 3.28. The van der Waals surface area contributed by atoms with Gasteiger partial charge in [-0.05, 0) is 41.5 Å². The fourth-order valence-electron chi connectivity index (χ4n) is 4.08. The second-order valence-electron chi connectivity index (χ2n) is 8.27. The first-order valence-corrected chi connectivity index (χ1v) is 10.6. The van der Waals surface area contributed by atoms with E-state index in [1.54, 1.807) is 0 Å². The summed E-state index contributed by atoms with van der Waals surface area (Å²) < 4.78 is 5.53. The Balaban J connectivity index is 1.40. The zero-order valence-electron chi connectivity index (χ0n) is 17.3. The van der Waals surface area contributed by atoms with Crippen molar-refractivity contribution in [1.29, 1.82) is 0 Å². The van der Waals surface area contributed by atoms with Crippen LogP contribution in [0, 0.1) is 5.92 Å². The number of hydrogen-bond acceptors (Lipinski definition) is 4. The molecule has 0 radical (unpaired) electrons. The van der Waals surface area contributed by atoms with E-state index in [0.717, 1.165) is 35.1 Å². The first kappa shape index (κ1) is 20.9. The Labute approximate surface area is 180 Å². The van der Waals surface area contributed by atoms with Crippen molar-refractivity contribution in [3.63, 3.8) is 0 Å². The number of aliphatic carboxylic acids is 1. The van der Waals surface area contributed by atoms with E-state index in [-0.39, 0.29) is 12.5 Å². The molecule has 7 nitrogen and oxygen atoms in total. The quantitative estimate of drug-likeness (QED) is 0.606. The molecule has 2 aliphatic carbocycles. The minimum Gasteiger partial charge on any atom is -0.480 e. The number of fused-ring (bicyclic) bond motifs is 3. The topological polar surface area (TPSA) is 105 Å². The number of rotatable bonds is 8. The third-order valence-corrected chi connectivity index (χ3v) is 5.95. The monoisotopic (exact) mass is 422 g/mol. The van der Waals surface area contributed by atoms with Crippen LogP contribution in [-0.4, -0.2) is 41.8 Å². The lowest BCUT2D eigenvalue weighted by Gasteiger charge is -2.20. The molecule has 7 heteroatoms. The second kappa shape index (κ2) is 8.79. The Morgan fingerprint density at radius 1 is 1.00 bits per heavy atom. The number of benzene rings is 2. The lowest BCUT2D eigenvalue weighted by atomic mass is 9.98. The van der Waals surface area contributed by atoms with Crippen molar-refractivity contribution in [3.8, 4) is 11.1 Å². The summed E-state index contributed by atoms with van der Waals surface area (Å²) >= 11 is 0. The highest BCUT2D eigenvalue weighted by atomic mass is 16.5. The molecule has 3 N–H and O–H groups in total. The van der Waals surface area contributed by atoms with E-state index >= 15 is 0 Å². The van der Waals surface area contributed by atoms with Gasteiger partial charge in [-0.25, -0.2) is 4.79 Å². The third kappa shape index (κ3) is 4.71. The molecule has 31 heavy (non-hydrogen) atoms. The summed E-state index contributed by atoms with van der Waals surface area (Å²) in [5.74, 6) is -1.33. The van der Waals surface area contributed by atoms with Crippen LogP contribution in [0.3, 0.4) is 0 Å². The Hall–Kier alpha value is -3.35. The van der Waals surface area contributed by atoms with Crippen molar-refractivity contribution in [2.45, 2.75) is 44.2 Å². The maximum Gasteiger partial charge on any atom is 0.407 e. The first-order valence-electron chi connectivity index (χ1n) is 10.6. The van der Waals surface area contributed by atoms with E-state index in [1.165, 1.54) is 6.92 Å². The van der Waals surface area contributed by atoms with Crippen LogP contribution in [0.4, 0.5) is 4.79 Å². The number of carboxylic acids is 1. The zero-order chi connectivity index (χ0) is 22.0. The van der Waals surface area contributed by atoms with Crippen molar-refractivity contribution >= 4 is 18.0 Å². The minimum absolute atomic E-state index is 0.0686. The largest absolute Gasteiger partial charge is 0.480 e. The molecule has 162 valence electrons. The van der Waals surface area contributed by atoms with Crippen LogP contribution < -0.4 is 10.6 Å². The summed E-state index contributed by atoms with van der Waals surface area (Å²) in [6.07, 6.45) is 1.81. The van der Waals surface area contributed by atoms with Gasteiger partial charge in [-0.2, -0.15) is 0 Å². The van der Waals surface area contributed by atoms with Gasteiger partial charge >= 0.3 is 12.1 Å². The molecule has 1 saturated carbocycles. The fraction of sp³-hybridized carbons (Fsp3) is 0.375. The molecule has 1 fully saturated rings. The van der Waals surface area contributed by atoms with Gasteiger partial charge in [0, 0.05) is 5.92 Å². The van der Waals surface area contributed by atoms with Crippen molar-refractivity contribution in [3.05, 3.63) is 59.7 Å². The number of ether oxygens (including phenoxy) is 1. The van der Waals surface area contributed by atoms with Gasteiger partial charge in [0.2, 0.25) is 5.91 Å². The maximum atomic E-state index is 12.5. The Morgan fingerprint density at radius 2 is 1.58 bits per heavy atom. The molecule has 0 saturated heterocycles. The number of alkyl carbamates (subject to hydrolysis) is 1. The standard InChI is InChI=1S/C24H26N2O5/c1-14(23(28)29)25-22(27)21(12-15-10-11-15)26-24(30)31-13-20-18-8-4-2-6-16(18)17-7-3-5-9-19(17)20/h2-9,14-15,20-21H,10-13H2,1H3,(H,25,27)(H,26,30)(H,28,29)/t14?,21-/m0/s1.